The zero-order valence-electron chi connectivity index (χ0n) is 16.2. The van der Waals surface area contributed by atoms with Crippen LogP contribution in [0.2, 0.25) is 0 Å². The monoisotopic (exact) mass is 395 g/mol. The highest BCUT2D eigenvalue weighted by molar-refractivity contribution is 6.01. The van der Waals surface area contributed by atoms with Gasteiger partial charge in [0.2, 0.25) is 0 Å². The smallest absolute Gasteiger partial charge is 0.335 e. The van der Waals surface area contributed by atoms with Crippen molar-refractivity contribution in [2.45, 2.75) is 12.6 Å². The molecule has 2 aliphatic heterocycles. The van der Waals surface area contributed by atoms with E-state index >= 15 is 0 Å². The van der Waals surface area contributed by atoms with Gasteiger partial charge in [-0.1, -0.05) is 24.3 Å². The number of rotatable bonds is 6. The van der Waals surface area contributed by atoms with Gasteiger partial charge in [-0.2, -0.15) is 0 Å². The summed E-state index contributed by atoms with van der Waals surface area (Å²) >= 11 is 0. The van der Waals surface area contributed by atoms with E-state index in [0.29, 0.717) is 12.1 Å². The van der Waals surface area contributed by atoms with E-state index in [4.69, 9.17) is 4.74 Å². The topological polar surface area (TPSA) is 82.1 Å². The molecule has 1 amide bonds. The number of anilines is 1. The van der Waals surface area contributed by atoms with Crippen molar-refractivity contribution in [2.75, 3.05) is 44.7 Å². The van der Waals surface area contributed by atoms with Crippen molar-refractivity contribution >= 4 is 17.6 Å². The summed E-state index contributed by atoms with van der Waals surface area (Å²) < 4.78 is 5.39. The fraction of sp³-hybridized carbons (Fsp3) is 0.364. The third-order valence-corrected chi connectivity index (χ3v) is 5.45. The van der Waals surface area contributed by atoms with Crippen LogP contribution in [0.4, 0.5) is 5.69 Å². The van der Waals surface area contributed by atoms with Crippen molar-refractivity contribution in [3.63, 3.8) is 0 Å². The minimum absolute atomic E-state index is 0.0351. The van der Waals surface area contributed by atoms with E-state index in [1.807, 2.05) is 35.2 Å². The number of para-hydroxylation sites is 1. The number of benzene rings is 2. The van der Waals surface area contributed by atoms with Crippen molar-refractivity contribution in [3.05, 3.63) is 65.2 Å². The van der Waals surface area contributed by atoms with Crippen LogP contribution in [0, 0.1) is 0 Å². The Morgan fingerprint density at radius 3 is 2.69 bits per heavy atom. The van der Waals surface area contributed by atoms with Crippen LogP contribution in [0.15, 0.2) is 48.5 Å². The number of carboxylic acids is 1. The number of nitrogens with one attached hydrogen (secondary N) is 1. The number of carboxylic acid groups (broad SMARTS) is 1. The lowest BCUT2D eigenvalue weighted by Gasteiger charge is -2.38. The summed E-state index contributed by atoms with van der Waals surface area (Å²) in [5.41, 5.74) is 2.39. The maximum absolute atomic E-state index is 13.2. The lowest BCUT2D eigenvalue weighted by Crippen LogP contribution is -2.44. The molecule has 0 aliphatic carbocycles. The molecule has 1 saturated heterocycles. The minimum atomic E-state index is -0.978. The Bertz CT molecular complexity index is 895. The molecule has 2 N–H and O–H groups in total. The van der Waals surface area contributed by atoms with E-state index in [-0.39, 0.29) is 11.5 Å². The van der Waals surface area contributed by atoms with Crippen LogP contribution in [0.5, 0.6) is 0 Å². The van der Waals surface area contributed by atoms with Crippen molar-refractivity contribution < 1.29 is 19.4 Å². The van der Waals surface area contributed by atoms with Gasteiger partial charge in [0.1, 0.15) is 6.17 Å². The maximum atomic E-state index is 13.2. The standard InChI is InChI=1S/C22H25N3O4/c26-21-18-7-1-2-8-19(18)23-20(16-5-3-6-17(15-16)22(27)28)25(21)10-4-9-24-11-13-29-14-12-24/h1-3,5-8,15,20,23H,4,9-14H2,(H,27,28). The van der Waals surface area contributed by atoms with Crippen LogP contribution in [0.3, 0.4) is 0 Å². The van der Waals surface area contributed by atoms with Gasteiger partial charge in [-0.05, 0) is 36.2 Å². The number of nitrogens with zero attached hydrogens (tertiary/aromatic N) is 2. The highest BCUT2D eigenvalue weighted by atomic mass is 16.5. The molecule has 7 heteroatoms. The van der Waals surface area contributed by atoms with E-state index in [1.165, 1.54) is 0 Å². The van der Waals surface area contributed by atoms with E-state index in [9.17, 15) is 14.7 Å². The van der Waals surface area contributed by atoms with E-state index in [2.05, 4.69) is 10.2 Å². The zero-order valence-corrected chi connectivity index (χ0v) is 16.2. The molecule has 0 saturated carbocycles. The summed E-state index contributed by atoms with van der Waals surface area (Å²) in [4.78, 5) is 28.8. The number of hydrogen-bond acceptors (Lipinski definition) is 5. The van der Waals surface area contributed by atoms with Gasteiger partial charge in [0.15, 0.2) is 0 Å². The molecular weight excluding hydrogens is 370 g/mol. The number of hydrogen-bond donors (Lipinski definition) is 2. The summed E-state index contributed by atoms with van der Waals surface area (Å²) in [5, 5.41) is 12.8. The minimum Gasteiger partial charge on any atom is -0.478 e. The first kappa shape index (κ1) is 19.4. The number of amides is 1. The summed E-state index contributed by atoms with van der Waals surface area (Å²) in [5.74, 6) is -1.01. The Kier molecular flexibility index (Phi) is 5.78. The molecule has 2 aromatic carbocycles. The van der Waals surface area contributed by atoms with Gasteiger partial charge in [-0.3, -0.25) is 9.69 Å². The number of carbonyl (C=O) groups is 2. The Balaban J connectivity index is 1.57. The lowest BCUT2D eigenvalue weighted by molar-refractivity contribution is 0.0348. The Morgan fingerprint density at radius 1 is 1.10 bits per heavy atom. The van der Waals surface area contributed by atoms with Crippen molar-refractivity contribution in [1.82, 2.24) is 9.80 Å². The SMILES string of the molecule is O=C(O)c1cccc(C2Nc3ccccc3C(=O)N2CCCN2CCOCC2)c1. The average Bonchev–Trinajstić information content (AvgIpc) is 2.76. The fourth-order valence-electron chi connectivity index (χ4n) is 3.92. The van der Waals surface area contributed by atoms with E-state index in [0.717, 1.165) is 50.5 Å². The third-order valence-electron chi connectivity index (χ3n) is 5.45. The summed E-state index contributed by atoms with van der Waals surface area (Å²) in [6.07, 6.45) is 0.437. The van der Waals surface area contributed by atoms with Gasteiger partial charge in [0.05, 0.1) is 24.3 Å². The molecule has 0 spiro atoms. The average molecular weight is 395 g/mol. The van der Waals surface area contributed by atoms with Crippen LogP contribution in [0.1, 0.15) is 38.9 Å². The second-order valence-corrected chi connectivity index (χ2v) is 7.33. The first-order valence-electron chi connectivity index (χ1n) is 9.93. The second-order valence-electron chi connectivity index (χ2n) is 7.33. The molecule has 0 radical (unpaired) electrons. The predicted molar refractivity (Wildman–Crippen MR) is 109 cm³/mol. The molecule has 1 atom stereocenters. The third kappa shape index (κ3) is 4.26. The van der Waals surface area contributed by atoms with Gasteiger partial charge < -0.3 is 20.1 Å². The van der Waals surface area contributed by atoms with Crippen LogP contribution in [-0.4, -0.2) is 66.2 Å². The molecule has 2 aromatic rings. The van der Waals surface area contributed by atoms with Gasteiger partial charge in [0.25, 0.3) is 5.91 Å². The Morgan fingerprint density at radius 2 is 1.90 bits per heavy atom. The number of morpholine rings is 1. The highest BCUT2D eigenvalue weighted by Gasteiger charge is 2.32. The molecule has 152 valence electrons. The van der Waals surface area contributed by atoms with Crippen molar-refractivity contribution in [3.8, 4) is 0 Å². The fourth-order valence-corrected chi connectivity index (χ4v) is 3.92. The normalized spacial score (nSPS) is 19.5. The number of aromatic carboxylic acids is 1. The highest BCUT2D eigenvalue weighted by Crippen LogP contribution is 2.33. The molecule has 4 rings (SSSR count). The predicted octanol–water partition coefficient (Wildman–Crippen LogP) is 2.67. The molecule has 29 heavy (non-hydrogen) atoms. The summed E-state index contributed by atoms with van der Waals surface area (Å²) in [6.45, 7) is 4.82. The zero-order chi connectivity index (χ0) is 20.2. The lowest BCUT2D eigenvalue weighted by atomic mass is 10.0. The van der Waals surface area contributed by atoms with Gasteiger partial charge in [-0.25, -0.2) is 4.79 Å². The van der Waals surface area contributed by atoms with E-state index in [1.54, 1.807) is 18.2 Å². The Hall–Kier alpha value is -2.90. The molecule has 7 nitrogen and oxygen atoms in total. The quantitative estimate of drug-likeness (QED) is 0.783. The van der Waals surface area contributed by atoms with Gasteiger partial charge >= 0.3 is 5.97 Å². The van der Waals surface area contributed by atoms with Crippen LogP contribution in [0.25, 0.3) is 0 Å². The molecule has 0 bridgehead atoms. The summed E-state index contributed by atoms with van der Waals surface area (Å²) in [7, 11) is 0. The van der Waals surface area contributed by atoms with Crippen LogP contribution < -0.4 is 5.32 Å². The maximum Gasteiger partial charge on any atom is 0.335 e. The number of fused-ring (bicyclic) bond motifs is 1. The second kappa shape index (κ2) is 8.63. The largest absolute Gasteiger partial charge is 0.478 e. The molecule has 1 fully saturated rings. The van der Waals surface area contributed by atoms with Crippen molar-refractivity contribution in [2.24, 2.45) is 0 Å². The van der Waals surface area contributed by atoms with Crippen LogP contribution >= 0.6 is 0 Å². The Labute approximate surface area is 169 Å². The van der Waals surface area contributed by atoms with Crippen LogP contribution in [-0.2, 0) is 4.74 Å². The molecule has 0 aromatic heterocycles. The summed E-state index contributed by atoms with van der Waals surface area (Å²) in [6, 6.07) is 14.2. The number of carbonyl (C=O) groups excluding carboxylic acids is 1. The molecule has 1 unspecified atom stereocenters. The first-order valence-corrected chi connectivity index (χ1v) is 9.93. The van der Waals surface area contributed by atoms with Gasteiger partial charge in [-0.15, -0.1) is 0 Å². The van der Waals surface area contributed by atoms with E-state index < -0.39 is 12.1 Å². The molecular formula is C22H25N3O4. The number of ether oxygens (including phenoxy) is 1. The molecule has 2 aliphatic rings. The first-order chi connectivity index (χ1) is 14.1. The molecule has 2 heterocycles. The van der Waals surface area contributed by atoms with Gasteiger partial charge in [0, 0.05) is 31.9 Å². The van der Waals surface area contributed by atoms with Crippen molar-refractivity contribution in [1.29, 1.82) is 0 Å².